The normalized spacial score (nSPS) is 18.9. The number of primary amides is 1. The molecule has 1 aromatic heterocycles. The first-order chi connectivity index (χ1) is 8.88. The molecule has 1 unspecified atom stereocenters. The van der Waals surface area contributed by atoms with Gasteiger partial charge in [0, 0.05) is 24.2 Å². The Labute approximate surface area is 110 Å². The minimum absolute atomic E-state index is 0.136. The molecule has 1 saturated heterocycles. The monoisotopic (exact) mass is 263 g/mol. The predicted molar refractivity (Wildman–Crippen MR) is 69.3 cm³/mol. The van der Waals surface area contributed by atoms with Crippen molar-refractivity contribution in [3.8, 4) is 0 Å². The van der Waals surface area contributed by atoms with E-state index in [9.17, 15) is 14.4 Å². The molecule has 102 valence electrons. The second-order valence-corrected chi connectivity index (χ2v) is 5.02. The van der Waals surface area contributed by atoms with Crippen LogP contribution in [0.5, 0.6) is 0 Å². The fourth-order valence-corrected chi connectivity index (χ4v) is 2.38. The zero-order chi connectivity index (χ0) is 14.2. The van der Waals surface area contributed by atoms with Crippen LogP contribution in [0.15, 0.2) is 10.9 Å². The van der Waals surface area contributed by atoms with Gasteiger partial charge in [-0.05, 0) is 25.5 Å². The number of aryl methyl sites for hydroxylation is 2. The lowest BCUT2D eigenvalue weighted by atomic mass is 10.1. The van der Waals surface area contributed by atoms with Gasteiger partial charge in [0.05, 0.1) is 12.5 Å². The first kappa shape index (κ1) is 13.3. The molecule has 1 aromatic rings. The summed E-state index contributed by atoms with van der Waals surface area (Å²) in [4.78, 5) is 39.0. The highest BCUT2D eigenvalue weighted by atomic mass is 16.2. The highest BCUT2D eigenvalue weighted by molar-refractivity contribution is 5.88. The number of nitrogens with zero attached hydrogens (tertiary/aromatic N) is 1. The van der Waals surface area contributed by atoms with E-state index in [4.69, 9.17) is 5.73 Å². The molecule has 1 aliphatic rings. The third kappa shape index (κ3) is 2.67. The molecule has 1 atom stereocenters. The number of pyridine rings is 1. The lowest BCUT2D eigenvalue weighted by Crippen LogP contribution is -2.31. The van der Waals surface area contributed by atoms with Crippen molar-refractivity contribution in [1.82, 2.24) is 9.88 Å². The number of amides is 2. The highest BCUT2D eigenvalue weighted by Crippen LogP contribution is 2.19. The lowest BCUT2D eigenvalue weighted by Gasteiger charge is -2.17. The van der Waals surface area contributed by atoms with Crippen LogP contribution in [0, 0.1) is 19.8 Å². The number of carbonyl (C=O) groups excluding carboxylic acids is 2. The van der Waals surface area contributed by atoms with Gasteiger partial charge in [-0.3, -0.25) is 14.4 Å². The largest absolute Gasteiger partial charge is 0.369 e. The molecule has 6 heteroatoms. The number of H-pyrrole nitrogens is 1. The minimum atomic E-state index is -0.467. The van der Waals surface area contributed by atoms with Gasteiger partial charge in [0.1, 0.15) is 0 Å². The van der Waals surface area contributed by atoms with Crippen LogP contribution in [-0.4, -0.2) is 28.2 Å². The average Bonchev–Trinajstić information content (AvgIpc) is 2.65. The van der Waals surface area contributed by atoms with Crippen LogP contribution in [0.25, 0.3) is 0 Å². The summed E-state index contributed by atoms with van der Waals surface area (Å²) in [7, 11) is 0. The van der Waals surface area contributed by atoms with Crippen molar-refractivity contribution < 1.29 is 9.59 Å². The fourth-order valence-electron chi connectivity index (χ4n) is 2.38. The van der Waals surface area contributed by atoms with E-state index >= 15 is 0 Å². The molecule has 0 aromatic carbocycles. The van der Waals surface area contributed by atoms with E-state index in [1.54, 1.807) is 0 Å². The summed E-state index contributed by atoms with van der Waals surface area (Å²) in [5, 5.41) is 0. The maximum atomic E-state index is 11.9. The SMILES string of the molecule is Cc1cc(C)c(CN2CC(C(N)=O)CC2=O)c(=O)[nH]1. The van der Waals surface area contributed by atoms with E-state index in [2.05, 4.69) is 4.98 Å². The van der Waals surface area contributed by atoms with Gasteiger partial charge in [-0.15, -0.1) is 0 Å². The van der Waals surface area contributed by atoms with Gasteiger partial charge in [-0.1, -0.05) is 0 Å². The predicted octanol–water partition coefficient (Wildman–Crippen LogP) is -0.174. The van der Waals surface area contributed by atoms with Gasteiger partial charge in [0.15, 0.2) is 0 Å². The van der Waals surface area contributed by atoms with Crippen LogP contribution in [-0.2, 0) is 16.1 Å². The molecular weight excluding hydrogens is 246 g/mol. The highest BCUT2D eigenvalue weighted by Gasteiger charge is 2.33. The van der Waals surface area contributed by atoms with Gasteiger partial charge in [0.2, 0.25) is 11.8 Å². The molecule has 2 rings (SSSR count). The first-order valence-corrected chi connectivity index (χ1v) is 6.15. The maximum absolute atomic E-state index is 11.9. The Morgan fingerprint density at radius 3 is 2.68 bits per heavy atom. The van der Waals surface area contributed by atoms with Crippen LogP contribution in [0.4, 0.5) is 0 Å². The molecular formula is C13H17N3O3. The zero-order valence-corrected chi connectivity index (χ0v) is 11.0. The summed E-state index contributed by atoms with van der Waals surface area (Å²) in [6, 6.07) is 1.86. The summed E-state index contributed by atoms with van der Waals surface area (Å²) in [5.41, 5.74) is 7.21. The minimum Gasteiger partial charge on any atom is -0.369 e. The molecule has 0 saturated carbocycles. The summed E-state index contributed by atoms with van der Waals surface area (Å²) in [6.07, 6.45) is 0.137. The van der Waals surface area contributed by atoms with E-state index in [1.165, 1.54) is 4.90 Å². The smallest absolute Gasteiger partial charge is 0.253 e. The van der Waals surface area contributed by atoms with E-state index in [0.29, 0.717) is 12.1 Å². The van der Waals surface area contributed by atoms with Gasteiger partial charge < -0.3 is 15.6 Å². The van der Waals surface area contributed by atoms with E-state index < -0.39 is 11.8 Å². The molecule has 1 aliphatic heterocycles. The van der Waals surface area contributed by atoms with Crippen molar-refractivity contribution in [2.24, 2.45) is 11.7 Å². The summed E-state index contributed by atoms with van der Waals surface area (Å²) >= 11 is 0. The molecule has 0 radical (unpaired) electrons. The Balaban J connectivity index is 2.21. The van der Waals surface area contributed by atoms with Crippen molar-refractivity contribution in [2.45, 2.75) is 26.8 Å². The fraction of sp³-hybridized carbons (Fsp3) is 0.462. The Kier molecular flexibility index (Phi) is 3.42. The van der Waals surface area contributed by atoms with Crippen LogP contribution in [0.2, 0.25) is 0 Å². The molecule has 2 heterocycles. The van der Waals surface area contributed by atoms with Crippen molar-refractivity contribution in [2.75, 3.05) is 6.54 Å². The molecule has 3 N–H and O–H groups in total. The molecule has 19 heavy (non-hydrogen) atoms. The lowest BCUT2D eigenvalue weighted by molar-refractivity contribution is -0.128. The number of hydrogen-bond donors (Lipinski definition) is 2. The number of nitrogens with one attached hydrogen (secondary N) is 1. The van der Waals surface area contributed by atoms with E-state index in [0.717, 1.165) is 11.3 Å². The third-order valence-electron chi connectivity index (χ3n) is 3.46. The number of likely N-dealkylation sites (tertiary alicyclic amines) is 1. The number of aromatic amines is 1. The Hall–Kier alpha value is -2.11. The zero-order valence-electron chi connectivity index (χ0n) is 11.0. The third-order valence-corrected chi connectivity index (χ3v) is 3.46. The van der Waals surface area contributed by atoms with Gasteiger partial charge in [-0.25, -0.2) is 0 Å². The van der Waals surface area contributed by atoms with E-state index in [-0.39, 0.29) is 24.4 Å². The van der Waals surface area contributed by atoms with Crippen LogP contribution in [0.3, 0.4) is 0 Å². The van der Waals surface area contributed by atoms with Crippen LogP contribution >= 0.6 is 0 Å². The average molecular weight is 263 g/mol. The van der Waals surface area contributed by atoms with Gasteiger partial charge in [0.25, 0.3) is 5.56 Å². The Morgan fingerprint density at radius 1 is 1.47 bits per heavy atom. The van der Waals surface area contributed by atoms with Crippen molar-refractivity contribution in [1.29, 1.82) is 0 Å². The van der Waals surface area contributed by atoms with E-state index in [1.807, 2.05) is 19.9 Å². The second-order valence-electron chi connectivity index (χ2n) is 5.02. The molecule has 2 amide bonds. The molecule has 6 nitrogen and oxygen atoms in total. The van der Waals surface area contributed by atoms with Crippen LogP contribution < -0.4 is 11.3 Å². The topological polar surface area (TPSA) is 96.3 Å². The van der Waals surface area contributed by atoms with Crippen LogP contribution in [0.1, 0.15) is 23.2 Å². The number of rotatable bonds is 3. The molecule has 0 spiro atoms. The van der Waals surface area contributed by atoms with Crippen molar-refractivity contribution in [3.63, 3.8) is 0 Å². The molecule has 0 aliphatic carbocycles. The first-order valence-electron chi connectivity index (χ1n) is 6.15. The number of nitrogens with two attached hydrogens (primary N) is 1. The standard InChI is InChI=1S/C13H17N3O3/c1-7-3-8(2)15-13(19)10(7)6-16-5-9(12(14)18)4-11(16)17/h3,9H,4-6H2,1-2H3,(H2,14,18)(H,15,19). The number of aromatic nitrogens is 1. The quantitative estimate of drug-likeness (QED) is 0.792. The molecule has 1 fully saturated rings. The molecule has 0 bridgehead atoms. The van der Waals surface area contributed by atoms with Gasteiger partial charge >= 0.3 is 0 Å². The summed E-state index contributed by atoms with van der Waals surface area (Å²) < 4.78 is 0. The number of hydrogen-bond acceptors (Lipinski definition) is 3. The van der Waals surface area contributed by atoms with Crippen molar-refractivity contribution >= 4 is 11.8 Å². The Bertz CT molecular complexity index is 591. The summed E-state index contributed by atoms with van der Waals surface area (Å²) in [6.45, 7) is 4.16. The second kappa shape index (κ2) is 4.87. The van der Waals surface area contributed by atoms with Crippen molar-refractivity contribution in [3.05, 3.63) is 33.2 Å². The maximum Gasteiger partial charge on any atom is 0.253 e. The summed E-state index contributed by atoms with van der Waals surface area (Å²) in [5.74, 6) is -1.05. The van der Waals surface area contributed by atoms with Gasteiger partial charge in [-0.2, -0.15) is 0 Å². The number of carbonyl (C=O) groups is 2. The Morgan fingerprint density at radius 2 is 2.16 bits per heavy atom.